The SMILES string of the molecule is CC[C@@H](C)c1ccccc1NC(=O)[C@H](C)OC(=O)c1ccc2c(c1)CCCC2. The molecule has 0 heterocycles. The molecule has 0 unspecified atom stereocenters. The molecule has 0 fully saturated rings. The van der Waals surface area contributed by atoms with Crippen LogP contribution in [0.3, 0.4) is 0 Å². The normalized spacial score (nSPS) is 15.2. The fraction of sp³-hybridized carbons (Fsp3) is 0.417. The molecule has 2 atom stereocenters. The van der Waals surface area contributed by atoms with Crippen LogP contribution < -0.4 is 5.32 Å². The van der Waals surface area contributed by atoms with Crippen molar-refractivity contribution in [3.8, 4) is 0 Å². The number of amides is 1. The molecular formula is C24H29NO3. The lowest BCUT2D eigenvalue weighted by Gasteiger charge is -2.19. The van der Waals surface area contributed by atoms with Gasteiger partial charge in [-0.2, -0.15) is 0 Å². The van der Waals surface area contributed by atoms with Crippen molar-refractivity contribution in [1.29, 1.82) is 0 Å². The van der Waals surface area contributed by atoms with Crippen molar-refractivity contribution in [2.24, 2.45) is 0 Å². The van der Waals surface area contributed by atoms with Gasteiger partial charge in [0.1, 0.15) is 0 Å². The van der Waals surface area contributed by atoms with E-state index >= 15 is 0 Å². The van der Waals surface area contributed by atoms with Crippen LogP contribution in [0.2, 0.25) is 0 Å². The topological polar surface area (TPSA) is 55.4 Å². The van der Waals surface area contributed by atoms with Crippen molar-refractivity contribution in [2.75, 3.05) is 5.32 Å². The van der Waals surface area contributed by atoms with Gasteiger partial charge in [0, 0.05) is 5.69 Å². The van der Waals surface area contributed by atoms with Gasteiger partial charge in [0.25, 0.3) is 5.91 Å². The van der Waals surface area contributed by atoms with E-state index in [0.29, 0.717) is 11.5 Å². The number of hydrogen-bond acceptors (Lipinski definition) is 3. The monoisotopic (exact) mass is 379 g/mol. The van der Waals surface area contributed by atoms with E-state index in [1.165, 1.54) is 17.5 Å². The number of ether oxygens (including phenoxy) is 1. The number of nitrogens with one attached hydrogen (secondary N) is 1. The molecule has 3 rings (SSSR count). The Bertz CT molecular complexity index is 859. The lowest BCUT2D eigenvalue weighted by molar-refractivity contribution is -0.123. The molecule has 4 heteroatoms. The summed E-state index contributed by atoms with van der Waals surface area (Å²) in [5.41, 5.74) is 4.92. The van der Waals surface area contributed by atoms with Crippen molar-refractivity contribution in [3.05, 3.63) is 64.7 Å². The van der Waals surface area contributed by atoms with E-state index in [1.807, 2.05) is 36.4 Å². The number of anilines is 1. The molecule has 0 bridgehead atoms. The minimum atomic E-state index is -0.867. The fourth-order valence-corrected chi connectivity index (χ4v) is 3.64. The van der Waals surface area contributed by atoms with Gasteiger partial charge in [0.2, 0.25) is 0 Å². The summed E-state index contributed by atoms with van der Waals surface area (Å²) in [5.74, 6) is -0.432. The maximum Gasteiger partial charge on any atom is 0.338 e. The zero-order valence-corrected chi connectivity index (χ0v) is 17.0. The van der Waals surface area contributed by atoms with Gasteiger partial charge in [-0.05, 0) is 79.8 Å². The largest absolute Gasteiger partial charge is 0.449 e. The average molecular weight is 380 g/mol. The molecule has 1 amide bonds. The van der Waals surface area contributed by atoms with E-state index < -0.39 is 12.1 Å². The number of aryl methyl sites for hydroxylation is 2. The van der Waals surface area contributed by atoms with Gasteiger partial charge in [-0.1, -0.05) is 38.1 Å². The van der Waals surface area contributed by atoms with E-state index in [9.17, 15) is 9.59 Å². The molecule has 0 aromatic heterocycles. The molecule has 0 radical (unpaired) electrons. The minimum Gasteiger partial charge on any atom is -0.449 e. The third-order valence-corrected chi connectivity index (χ3v) is 5.60. The fourth-order valence-electron chi connectivity index (χ4n) is 3.64. The Labute approximate surface area is 167 Å². The van der Waals surface area contributed by atoms with Crippen LogP contribution in [-0.4, -0.2) is 18.0 Å². The van der Waals surface area contributed by atoms with Crippen molar-refractivity contribution in [2.45, 2.75) is 64.9 Å². The molecular weight excluding hydrogens is 350 g/mol. The number of fused-ring (bicyclic) bond motifs is 1. The van der Waals surface area contributed by atoms with Crippen LogP contribution in [-0.2, 0) is 22.4 Å². The summed E-state index contributed by atoms with van der Waals surface area (Å²) in [5, 5.41) is 2.92. The molecule has 0 saturated carbocycles. The Morgan fingerprint density at radius 1 is 1.04 bits per heavy atom. The zero-order chi connectivity index (χ0) is 20.1. The Morgan fingerprint density at radius 2 is 1.75 bits per heavy atom. The van der Waals surface area contributed by atoms with Crippen LogP contribution in [0.15, 0.2) is 42.5 Å². The summed E-state index contributed by atoms with van der Waals surface area (Å²) in [6.45, 7) is 5.86. The van der Waals surface area contributed by atoms with Crippen LogP contribution in [0, 0.1) is 0 Å². The van der Waals surface area contributed by atoms with Gasteiger partial charge in [0.15, 0.2) is 6.10 Å². The smallest absolute Gasteiger partial charge is 0.338 e. The molecule has 2 aromatic rings. The number of esters is 1. The van der Waals surface area contributed by atoms with E-state index in [-0.39, 0.29) is 5.91 Å². The maximum absolute atomic E-state index is 12.6. The maximum atomic E-state index is 12.6. The predicted molar refractivity (Wildman–Crippen MR) is 112 cm³/mol. The molecule has 0 spiro atoms. The summed E-state index contributed by atoms with van der Waals surface area (Å²) in [7, 11) is 0. The predicted octanol–water partition coefficient (Wildman–Crippen LogP) is 5.26. The second-order valence-corrected chi connectivity index (χ2v) is 7.62. The van der Waals surface area contributed by atoms with Gasteiger partial charge in [-0.25, -0.2) is 4.79 Å². The average Bonchev–Trinajstić information content (AvgIpc) is 2.73. The molecule has 0 saturated heterocycles. The summed E-state index contributed by atoms with van der Waals surface area (Å²) in [4.78, 5) is 25.1. The Morgan fingerprint density at radius 3 is 2.50 bits per heavy atom. The standard InChI is InChI=1S/C24H29NO3/c1-4-16(2)21-11-7-8-12-22(21)25-23(26)17(3)28-24(27)20-14-13-18-9-5-6-10-19(18)15-20/h7-8,11-17H,4-6,9-10H2,1-3H3,(H,25,26)/t16-,17+/m1/s1. The summed E-state index contributed by atoms with van der Waals surface area (Å²) >= 11 is 0. The van der Waals surface area contributed by atoms with E-state index in [2.05, 4.69) is 19.2 Å². The van der Waals surface area contributed by atoms with Crippen LogP contribution in [0.5, 0.6) is 0 Å². The first kappa shape index (κ1) is 20.1. The van der Waals surface area contributed by atoms with Crippen molar-refractivity contribution < 1.29 is 14.3 Å². The first-order valence-corrected chi connectivity index (χ1v) is 10.2. The van der Waals surface area contributed by atoms with Gasteiger partial charge in [0.05, 0.1) is 5.56 Å². The lowest BCUT2D eigenvalue weighted by atomic mass is 9.90. The second-order valence-electron chi connectivity index (χ2n) is 7.62. The lowest BCUT2D eigenvalue weighted by Crippen LogP contribution is -2.30. The van der Waals surface area contributed by atoms with Crippen molar-refractivity contribution >= 4 is 17.6 Å². The summed E-state index contributed by atoms with van der Waals surface area (Å²) < 4.78 is 5.44. The van der Waals surface area contributed by atoms with Crippen LogP contribution in [0.4, 0.5) is 5.69 Å². The number of carbonyl (C=O) groups is 2. The Kier molecular flexibility index (Phi) is 6.50. The molecule has 2 aromatic carbocycles. The van der Waals surface area contributed by atoms with Gasteiger partial charge < -0.3 is 10.1 Å². The first-order chi connectivity index (χ1) is 13.5. The molecule has 4 nitrogen and oxygen atoms in total. The van der Waals surface area contributed by atoms with Crippen LogP contribution >= 0.6 is 0 Å². The minimum absolute atomic E-state index is 0.318. The number of benzene rings is 2. The van der Waals surface area contributed by atoms with Gasteiger partial charge >= 0.3 is 5.97 Å². The quantitative estimate of drug-likeness (QED) is 0.696. The van der Waals surface area contributed by atoms with E-state index in [1.54, 1.807) is 13.0 Å². The highest BCUT2D eigenvalue weighted by Crippen LogP contribution is 2.27. The number of para-hydroxylation sites is 1. The molecule has 1 aliphatic rings. The zero-order valence-electron chi connectivity index (χ0n) is 17.0. The molecule has 1 N–H and O–H groups in total. The highest BCUT2D eigenvalue weighted by atomic mass is 16.5. The third-order valence-electron chi connectivity index (χ3n) is 5.60. The summed E-state index contributed by atoms with van der Waals surface area (Å²) in [6.07, 6.45) is 4.54. The number of hydrogen-bond donors (Lipinski definition) is 1. The highest BCUT2D eigenvalue weighted by molar-refractivity contribution is 5.97. The van der Waals surface area contributed by atoms with Gasteiger partial charge in [-0.15, -0.1) is 0 Å². The highest BCUT2D eigenvalue weighted by Gasteiger charge is 2.21. The van der Waals surface area contributed by atoms with Crippen LogP contribution in [0.25, 0.3) is 0 Å². The van der Waals surface area contributed by atoms with Crippen molar-refractivity contribution in [3.63, 3.8) is 0 Å². The number of rotatable bonds is 6. The first-order valence-electron chi connectivity index (χ1n) is 10.2. The molecule has 0 aliphatic heterocycles. The van der Waals surface area contributed by atoms with Crippen LogP contribution in [0.1, 0.15) is 73.0 Å². The second kappa shape index (κ2) is 9.05. The van der Waals surface area contributed by atoms with Gasteiger partial charge in [-0.3, -0.25) is 4.79 Å². The summed E-state index contributed by atoms with van der Waals surface area (Å²) in [6, 6.07) is 13.5. The van der Waals surface area contributed by atoms with E-state index in [4.69, 9.17) is 4.74 Å². The third kappa shape index (κ3) is 4.61. The molecule has 148 valence electrons. The number of carbonyl (C=O) groups excluding carboxylic acids is 2. The Hall–Kier alpha value is -2.62. The Balaban J connectivity index is 1.65. The molecule has 28 heavy (non-hydrogen) atoms. The van der Waals surface area contributed by atoms with E-state index in [0.717, 1.165) is 36.9 Å². The molecule has 1 aliphatic carbocycles. The van der Waals surface area contributed by atoms with Crippen molar-refractivity contribution in [1.82, 2.24) is 0 Å².